The molecule has 0 saturated heterocycles. The van der Waals surface area contributed by atoms with E-state index in [4.69, 9.17) is 27.9 Å². The summed E-state index contributed by atoms with van der Waals surface area (Å²) in [5.41, 5.74) is 0.955. The van der Waals surface area contributed by atoms with Crippen LogP contribution in [0.5, 0.6) is 0 Å². The normalized spacial score (nSPS) is 12.3. The van der Waals surface area contributed by atoms with Gasteiger partial charge >= 0.3 is 0 Å². The fourth-order valence-electron chi connectivity index (χ4n) is 1.93. The molecule has 0 aliphatic carbocycles. The molecule has 0 aliphatic heterocycles. The van der Waals surface area contributed by atoms with E-state index in [1.807, 2.05) is 16.7 Å². The minimum absolute atomic E-state index is 0.518. The number of halogens is 3. The fourth-order valence-corrected chi connectivity index (χ4v) is 3.88. The first-order valence-electron chi connectivity index (χ1n) is 6.50. The van der Waals surface area contributed by atoms with E-state index in [9.17, 15) is 0 Å². The van der Waals surface area contributed by atoms with Crippen LogP contribution in [0.25, 0.3) is 10.9 Å². The van der Waals surface area contributed by atoms with Crippen molar-refractivity contribution in [2.45, 2.75) is 32.4 Å². The standard InChI is InChI=1S/C14H18Cl2INOSi/c1-20(2,3)7-6-19-9-18-8-12(17)10-4-5-11(15)13(16)14(10)18/h4-5,8H,6-7,9H2,1-3H3. The van der Waals surface area contributed by atoms with Crippen LogP contribution in [-0.4, -0.2) is 19.2 Å². The number of fused-ring (bicyclic) bond motifs is 1. The molecule has 0 bridgehead atoms. The highest BCUT2D eigenvalue weighted by Gasteiger charge is 2.14. The van der Waals surface area contributed by atoms with E-state index in [1.54, 1.807) is 0 Å². The van der Waals surface area contributed by atoms with Crippen molar-refractivity contribution in [2.75, 3.05) is 6.61 Å². The maximum absolute atomic E-state index is 6.33. The lowest BCUT2D eigenvalue weighted by Gasteiger charge is -2.16. The molecule has 2 aromatic rings. The Morgan fingerprint density at radius 1 is 1.25 bits per heavy atom. The van der Waals surface area contributed by atoms with Crippen molar-refractivity contribution in [2.24, 2.45) is 0 Å². The summed E-state index contributed by atoms with van der Waals surface area (Å²) in [6.45, 7) is 8.36. The van der Waals surface area contributed by atoms with Gasteiger partial charge in [-0.25, -0.2) is 0 Å². The van der Waals surface area contributed by atoms with Crippen LogP contribution < -0.4 is 0 Å². The van der Waals surface area contributed by atoms with E-state index in [0.29, 0.717) is 16.8 Å². The Hall–Kier alpha value is 0.247. The molecule has 0 unspecified atom stereocenters. The van der Waals surface area contributed by atoms with Crippen LogP contribution >= 0.6 is 45.8 Å². The molecule has 1 aromatic heterocycles. The number of nitrogens with zero attached hydrogens (tertiary/aromatic N) is 1. The van der Waals surface area contributed by atoms with Gasteiger partial charge in [0, 0.05) is 29.8 Å². The topological polar surface area (TPSA) is 14.2 Å². The van der Waals surface area contributed by atoms with Gasteiger partial charge in [-0.2, -0.15) is 0 Å². The first kappa shape index (κ1) is 16.6. The first-order chi connectivity index (χ1) is 9.29. The number of hydrogen-bond donors (Lipinski definition) is 0. The molecule has 0 fully saturated rings. The molecule has 2 rings (SSSR count). The highest BCUT2D eigenvalue weighted by atomic mass is 127. The summed E-state index contributed by atoms with van der Waals surface area (Å²) in [7, 11) is -1.05. The Balaban J connectivity index is 2.16. The predicted octanol–water partition coefficient (Wildman–Crippen LogP) is 5.87. The summed E-state index contributed by atoms with van der Waals surface area (Å²) in [6.07, 6.45) is 2.06. The highest BCUT2D eigenvalue weighted by molar-refractivity contribution is 14.1. The lowest BCUT2D eigenvalue weighted by molar-refractivity contribution is 0.0902. The zero-order valence-electron chi connectivity index (χ0n) is 11.8. The van der Waals surface area contributed by atoms with E-state index < -0.39 is 8.07 Å². The van der Waals surface area contributed by atoms with Crippen molar-refractivity contribution >= 4 is 64.8 Å². The van der Waals surface area contributed by atoms with Crippen molar-refractivity contribution in [1.82, 2.24) is 4.57 Å². The van der Waals surface area contributed by atoms with Gasteiger partial charge in [0.1, 0.15) is 6.73 Å². The Labute approximate surface area is 144 Å². The minimum Gasteiger partial charge on any atom is -0.361 e. The van der Waals surface area contributed by atoms with Gasteiger partial charge in [0.05, 0.1) is 15.6 Å². The van der Waals surface area contributed by atoms with Crippen LogP contribution in [0, 0.1) is 3.57 Å². The molecular formula is C14H18Cl2INOSi. The summed E-state index contributed by atoms with van der Waals surface area (Å²) in [5, 5.41) is 2.30. The van der Waals surface area contributed by atoms with Crippen molar-refractivity contribution in [3.8, 4) is 0 Å². The smallest absolute Gasteiger partial charge is 0.122 e. The van der Waals surface area contributed by atoms with Crippen LogP contribution in [-0.2, 0) is 11.5 Å². The number of hydrogen-bond acceptors (Lipinski definition) is 1. The van der Waals surface area contributed by atoms with Crippen LogP contribution in [0.15, 0.2) is 18.3 Å². The second-order valence-corrected chi connectivity index (χ2v) is 13.6. The Morgan fingerprint density at radius 2 is 1.95 bits per heavy atom. The van der Waals surface area contributed by atoms with Gasteiger partial charge in [-0.15, -0.1) is 0 Å². The quantitative estimate of drug-likeness (QED) is 0.321. The second kappa shape index (κ2) is 6.56. The van der Waals surface area contributed by atoms with Crippen molar-refractivity contribution in [3.63, 3.8) is 0 Å². The molecule has 2 nitrogen and oxygen atoms in total. The Kier molecular flexibility index (Phi) is 5.45. The number of aromatic nitrogens is 1. The molecule has 0 atom stereocenters. The monoisotopic (exact) mass is 441 g/mol. The zero-order chi connectivity index (χ0) is 14.9. The summed E-state index contributed by atoms with van der Waals surface area (Å²) in [6, 6.07) is 5.01. The van der Waals surface area contributed by atoms with Gasteiger partial charge in [0.25, 0.3) is 0 Å². The van der Waals surface area contributed by atoms with Gasteiger partial charge < -0.3 is 9.30 Å². The number of benzene rings is 1. The molecule has 1 heterocycles. The average Bonchev–Trinajstić information content (AvgIpc) is 2.66. The third kappa shape index (κ3) is 3.91. The molecule has 0 spiro atoms. The molecule has 0 amide bonds. The highest BCUT2D eigenvalue weighted by Crippen LogP contribution is 2.34. The van der Waals surface area contributed by atoms with Crippen LogP contribution in [0.3, 0.4) is 0 Å². The van der Waals surface area contributed by atoms with Crippen LogP contribution in [0.4, 0.5) is 0 Å². The minimum atomic E-state index is -1.05. The van der Waals surface area contributed by atoms with Gasteiger partial charge in [-0.3, -0.25) is 0 Å². The largest absolute Gasteiger partial charge is 0.361 e. The average molecular weight is 442 g/mol. The Bertz CT molecular complexity index is 622. The van der Waals surface area contributed by atoms with Gasteiger partial charge in [-0.1, -0.05) is 48.9 Å². The molecule has 110 valence electrons. The van der Waals surface area contributed by atoms with Crippen molar-refractivity contribution in [3.05, 3.63) is 31.9 Å². The molecule has 1 aromatic carbocycles. The molecule has 0 radical (unpaired) electrons. The Morgan fingerprint density at radius 3 is 2.60 bits per heavy atom. The number of ether oxygens (including phenoxy) is 1. The predicted molar refractivity (Wildman–Crippen MR) is 98.8 cm³/mol. The number of rotatable bonds is 5. The van der Waals surface area contributed by atoms with Crippen LogP contribution in [0.1, 0.15) is 0 Å². The molecule has 0 saturated carbocycles. The van der Waals surface area contributed by atoms with E-state index >= 15 is 0 Å². The first-order valence-corrected chi connectivity index (χ1v) is 12.0. The van der Waals surface area contributed by atoms with Gasteiger partial charge in [0.2, 0.25) is 0 Å². The molecule has 0 N–H and O–H groups in total. The third-order valence-electron chi connectivity index (χ3n) is 3.11. The molecule has 20 heavy (non-hydrogen) atoms. The fraction of sp³-hybridized carbons (Fsp3) is 0.429. The van der Waals surface area contributed by atoms with Crippen molar-refractivity contribution in [1.29, 1.82) is 0 Å². The zero-order valence-corrected chi connectivity index (χ0v) is 16.5. The van der Waals surface area contributed by atoms with E-state index in [0.717, 1.165) is 27.1 Å². The summed E-state index contributed by atoms with van der Waals surface area (Å²) in [4.78, 5) is 0. The van der Waals surface area contributed by atoms with E-state index in [1.165, 1.54) is 0 Å². The SMILES string of the molecule is C[Si](C)(C)CCOCn1cc(I)c2ccc(Cl)c(Cl)c21. The van der Waals surface area contributed by atoms with E-state index in [2.05, 4.69) is 48.4 Å². The maximum atomic E-state index is 6.33. The lowest BCUT2D eigenvalue weighted by Crippen LogP contribution is -2.21. The molecule has 0 aliphatic rings. The maximum Gasteiger partial charge on any atom is 0.122 e. The molecule has 6 heteroatoms. The van der Waals surface area contributed by atoms with Gasteiger partial charge in [-0.05, 0) is 34.7 Å². The second-order valence-electron chi connectivity index (χ2n) is 6.05. The summed E-state index contributed by atoms with van der Waals surface area (Å²) in [5.74, 6) is 0. The van der Waals surface area contributed by atoms with Crippen LogP contribution in [0.2, 0.25) is 35.7 Å². The van der Waals surface area contributed by atoms with Crippen molar-refractivity contribution < 1.29 is 4.74 Å². The summed E-state index contributed by atoms with van der Waals surface area (Å²) >= 11 is 14.7. The molecular weight excluding hydrogens is 424 g/mol. The van der Waals surface area contributed by atoms with Gasteiger partial charge in [0.15, 0.2) is 0 Å². The van der Waals surface area contributed by atoms with E-state index in [-0.39, 0.29) is 0 Å². The lowest BCUT2D eigenvalue weighted by atomic mass is 10.2. The summed E-state index contributed by atoms with van der Waals surface area (Å²) < 4.78 is 9.00. The third-order valence-corrected chi connectivity index (χ3v) is 6.47.